The Kier molecular flexibility index (Phi) is 4.26. The number of amides is 2. The van der Waals surface area contributed by atoms with Crippen molar-refractivity contribution in [2.24, 2.45) is 11.8 Å². The van der Waals surface area contributed by atoms with E-state index in [9.17, 15) is 9.59 Å². The van der Waals surface area contributed by atoms with Gasteiger partial charge >= 0.3 is 0 Å². The minimum absolute atomic E-state index is 0.121. The molecule has 0 spiro atoms. The van der Waals surface area contributed by atoms with Gasteiger partial charge in [-0.3, -0.25) is 9.59 Å². The first kappa shape index (κ1) is 17.2. The van der Waals surface area contributed by atoms with E-state index in [4.69, 9.17) is 0 Å². The summed E-state index contributed by atoms with van der Waals surface area (Å²) >= 11 is 0. The third-order valence-electron chi connectivity index (χ3n) is 6.14. The molecule has 2 unspecified atom stereocenters. The van der Waals surface area contributed by atoms with Crippen LogP contribution in [0.1, 0.15) is 12.0 Å². The number of benzene rings is 1. The minimum atomic E-state index is -0.146. The summed E-state index contributed by atoms with van der Waals surface area (Å²) in [5.41, 5.74) is 2.25. The number of hydrogen-bond acceptors (Lipinski definition) is 4. The van der Waals surface area contributed by atoms with Gasteiger partial charge in [0, 0.05) is 44.6 Å². The second kappa shape index (κ2) is 6.93. The van der Waals surface area contributed by atoms with E-state index in [-0.39, 0.29) is 23.7 Å². The summed E-state index contributed by atoms with van der Waals surface area (Å²) in [6.07, 6.45) is 3.39. The van der Waals surface area contributed by atoms with Gasteiger partial charge in [0.15, 0.2) is 0 Å². The zero-order valence-corrected chi connectivity index (χ0v) is 15.8. The van der Waals surface area contributed by atoms with Gasteiger partial charge in [-0.25, -0.2) is 4.98 Å². The Hall–Kier alpha value is -2.89. The first-order valence-corrected chi connectivity index (χ1v) is 10.1. The van der Waals surface area contributed by atoms with Gasteiger partial charge in [0.25, 0.3) is 0 Å². The van der Waals surface area contributed by atoms with Crippen molar-refractivity contribution in [1.29, 1.82) is 0 Å². The maximum Gasteiger partial charge on any atom is 0.230 e. The van der Waals surface area contributed by atoms with Crippen LogP contribution in [0.4, 0.5) is 11.5 Å². The maximum absolute atomic E-state index is 12.9. The number of fused-ring (bicyclic) bond motifs is 1. The number of nitrogens with zero attached hydrogens (tertiary/aromatic N) is 4. The van der Waals surface area contributed by atoms with Crippen molar-refractivity contribution in [2.75, 3.05) is 42.5 Å². The smallest absolute Gasteiger partial charge is 0.230 e. The molecular weight excluding hydrogens is 352 g/mol. The fourth-order valence-electron chi connectivity index (χ4n) is 4.44. The van der Waals surface area contributed by atoms with E-state index in [1.165, 1.54) is 5.56 Å². The molecule has 1 aromatic heterocycles. The lowest BCUT2D eigenvalue weighted by Gasteiger charge is -2.35. The lowest BCUT2D eigenvalue weighted by molar-refractivity contribution is -0.134. The van der Waals surface area contributed by atoms with E-state index in [2.05, 4.69) is 16.0 Å². The third-order valence-corrected chi connectivity index (χ3v) is 6.14. The van der Waals surface area contributed by atoms with Crippen LogP contribution >= 0.6 is 0 Å². The monoisotopic (exact) mass is 376 g/mol. The van der Waals surface area contributed by atoms with Crippen LogP contribution in [-0.2, 0) is 16.0 Å². The Morgan fingerprint density at radius 3 is 2.39 bits per heavy atom. The van der Waals surface area contributed by atoms with E-state index < -0.39 is 0 Å². The Morgan fingerprint density at radius 2 is 1.61 bits per heavy atom. The van der Waals surface area contributed by atoms with Gasteiger partial charge in [0.1, 0.15) is 5.82 Å². The van der Waals surface area contributed by atoms with E-state index in [1.54, 1.807) is 6.20 Å². The van der Waals surface area contributed by atoms with Crippen LogP contribution in [0.5, 0.6) is 0 Å². The highest BCUT2D eigenvalue weighted by Gasteiger charge is 2.51. The Balaban J connectivity index is 1.18. The van der Waals surface area contributed by atoms with E-state index in [1.807, 2.05) is 46.2 Å². The number of pyridine rings is 1. The van der Waals surface area contributed by atoms with Crippen LogP contribution in [0.15, 0.2) is 48.7 Å². The van der Waals surface area contributed by atoms with Crippen molar-refractivity contribution in [3.63, 3.8) is 0 Å². The average Bonchev–Trinajstić information content (AvgIpc) is 3.45. The summed E-state index contributed by atoms with van der Waals surface area (Å²) in [7, 11) is 0. The number of para-hydroxylation sites is 1. The highest BCUT2D eigenvalue weighted by atomic mass is 16.2. The van der Waals surface area contributed by atoms with Crippen LogP contribution in [-0.4, -0.2) is 54.4 Å². The third kappa shape index (κ3) is 3.03. The van der Waals surface area contributed by atoms with Crippen LogP contribution in [0.25, 0.3) is 0 Å². The van der Waals surface area contributed by atoms with Crippen molar-refractivity contribution in [2.45, 2.75) is 12.8 Å². The van der Waals surface area contributed by atoms with Gasteiger partial charge in [0.2, 0.25) is 11.8 Å². The van der Waals surface area contributed by atoms with Gasteiger partial charge in [-0.05, 0) is 36.6 Å². The maximum atomic E-state index is 12.9. The Morgan fingerprint density at radius 1 is 0.857 bits per heavy atom. The summed E-state index contributed by atoms with van der Waals surface area (Å²) in [5, 5.41) is 0. The number of carbonyl (C=O) groups excluding carboxylic acids is 2. The van der Waals surface area contributed by atoms with E-state index >= 15 is 0 Å². The molecule has 0 N–H and O–H groups in total. The molecule has 6 heteroatoms. The van der Waals surface area contributed by atoms with Crippen molar-refractivity contribution >= 4 is 23.3 Å². The lowest BCUT2D eigenvalue weighted by Crippen LogP contribution is -2.49. The van der Waals surface area contributed by atoms with Gasteiger partial charge in [0.05, 0.1) is 11.8 Å². The molecule has 1 saturated heterocycles. The van der Waals surface area contributed by atoms with Crippen LogP contribution in [0, 0.1) is 11.8 Å². The second-order valence-electron chi connectivity index (χ2n) is 7.82. The fourth-order valence-corrected chi connectivity index (χ4v) is 4.44. The van der Waals surface area contributed by atoms with Crippen molar-refractivity contribution in [3.8, 4) is 0 Å². The molecule has 1 saturated carbocycles. The predicted octanol–water partition coefficient (Wildman–Crippen LogP) is 1.96. The Bertz CT molecular complexity index is 892. The highest BCUT2D eigenvalue weighted by molar-refractivity contribution is 6.02. The number of anilines is 2. The summed E-state index contributed by atoms with van der Waals surface area (Å²) < 4.78 is 0. The molecule has 5 rings (SSSR count). The highest BCUT2D eigenvalue weighted by Crippen LogP contribution is 2.43. The molecule has 3 heterocycles. The van der Waals surface area contributed by atoms with Crippen LogP contribution < -0.4 is 9.80 Å². The molecular formula is C22H24N4O2. The number of aromatic nitrogens is 1. The SMILES string of the molecule is O=C(C1CC1C(=O)N1CCc2ccccc21)N1CCN(c2ccccn2)CC1. The largest absolute Gasteiger partial charge is 0.353 e. The van der Waals surface area contributed by atoms with Gasteiger partial charge in [-0.1, -0.05) is 24.3 Å². The Labute approximate surface area is 164 Å². The predicted molar refractivity (Wildman–Crippen MR) is 107 cm³/mol. The van der Waals surface area contributed by atoms with Gasteiger partial charge < -0.3 is 14.7 Å². The molecule has 2 aromatic rings. The van der Waals surface area contributed by atoms with Gasteiger partial charge in [-0.15, -0.1) is 0 Å². The summed E-state index contributed by atoms with van der Waals surface area (Å²) in [4.78, 5) is 36.2. The summed E-state index contributed by atoms with van der Waals surface area (Å²) in [6.45, 7) is 3.69. The second-order valence-corrected chi connectivity index (χ2v) is 7.82. The molecule has 0 bridgehead atoms. The zero-order chi connectivity index (χ0) is 19.1. The first-order valence-electron chi connectivity index (χ1n) is 10.1. The normalized spacial score (nSPS) is 23.5. The summed E-state index contributed by atoms with van der Waals surface area (Å²) in [5.74, 6) is 0.942. The molecule has 6 nitrogen and oxygen atoms in total. The molecule has 2 atom stereocenters. The van der Waals surface area contributed by atoms with Crippen molar-refractivity contribution in [3.05, 3.63) is 54.2 Å². The molecule has 2 amide bonds. The average molecular weight is 376 g/mol. The number of carbonyl (C=O) groups is 2. The van der Waals surface area contributed by atoms with Crippen LogP contribution in [0.2, 0.25) is 0 Å². The molecule has 3 aliphatic rings. The molecule has 0 radical (unpaired) electrons. The topological polar surface area (TPSA) is 56.8 Å². The van der Waals surface area contributed by atoms with E-state index in [0.29, 0.717) is 19.5 Å². The van der Waals surface area contributed by atoms with Crippen molar-refractivity contribution in [1.82, 2.24) is 9.88 Å². The van der Waals surface area contributed by atoms with E-state index in [0.717, 1.165) is 37.6 Å². The van der Waals surface area contributed by atoms with Gasteiger partial charge in [-0.2, -0.15) is 0 Å². The molecule has 1 aromatic carbocycles. The molecule has 28 heavy (non-hydrogen) atoms. The van der Waals surface area contributed by atoms with Crippen molar-refractivity contribution < 1.29 is 9.59 Å². The first-order chi connectivity index (χ1) is 13.7. The molecule has 144 valence electrons. The summed E-state index contributed by atoms with van der Waals surface area (Å²) in [6, 6.07) is 14.0. The number of rotatable bonds is 3. The standard InChI is InChI=1S/C22H24N4O2/c27-21(25-13-11-24(12-14-25)20-7-3-4-9-23-20)17-15-18(17)22(28)26-10-8-16-5-1-2-6-19(16)26/h1-7,9,17-18H,8,10-15H2. The van der Waals surface area contributed by atoms with Crippen LogP contribution in [0.3, 0.4) is 0 Å². The molecule has 2 fully saturated rings. The zero-order valence-electron chi connectivity index (χ0n) is 15.8. The minimum Gasteiger partial charge on any atom is -0.353 e. The number of piperazine rings is 1. The number of hydrogen-bond donors (Lipinski definition) is 0. The quantitative estimate of drug-likeness (QED) is 0.822. The lowest BCUT2D eigenvalue weighted by atomic mass is 10.2. The molecule has 1 aliphatic carbocycles. The fraction of sp³-hybridized carbons (Fsp3) is 0.409. The molecule has 2 aliphatic heterocycles.